The first kappa shape index (κ1) is 17.2. The third-order valence-electron chi connectivity index (χ3n) is 4.64. The van der Waals surface area contributed by atoms with E-state index in [0.29, 0.717) is 19.5 Å². The fraction of sp³-hybridized carbons (Fsp3) is 0.421. The minimum atomic E-state index is -0.440. The number of nitrogens with one attached hydrogen (secondary N) is 1. The highest BCUT2D eigenvalue weighted by Crippen LogP contribution is 2.23. The molecule has 6 nitrogen and oxygen atoms in total. The summed E-state index contributed by atoms with van der Waals surface area (Å²) < 4.78 is 1.86. The topological polar surface area (TPSA) is 67.2 Å². The van der Waals surface area contributed by atoms with Crippen molar-refractivity contribution in [2.75, 3.05) is 6.54 Å². The molecule has 1 aromatic heterocycles. The zero-order valence-corrected chi connectivity index (χ0v) is 14.7. The maximum Gasteiger partial charge on any atom is 0.243 e. The Bertz CT molecular complexity index is 742. The van der Waals surface area contributed by atoms with Crippen LogP contribution in [-0.2, 0) is 29.1 Å². The lowest BCUT2D eigenvalue weighted by molar-refractivity contribution is -0.140. The van der Waals surface area contributed by atoms with Crippen LogP contribution in [0.3, 0.4) is 0 Å². The van der Waals surface area contributed by atoms with E-state index in [4.69, 9.17) is 0 Å². The van der Waals surface area contributed by atoms with Crippen molar-refractivity contribution in [3.05, 3.63) is 53.9 Å². The van der Waals surface area contributed by atoms with E-state index in [1.807, 2.05) is 41.2 Å². The van der Waals surface area contributed by atoms with Crippen molar-refractivity contribution in [1.82, 2.24) is 20.0 Å². The zero-order valence-electron chi connectivity index (χ0n) is 14.7. The Hall–Kier alpha value is -2.63. The predicted octanol–water partition coefficient (Wildman–Crippen LogP) is 1.61. The molecule has 0 bridgehead atoms. The van der Waals surface area contributed by atoms with Crippen molar-refractivity contribution in [2.45, 2.75) is 39.4 Å². The zero-order chi connectivity index (χ0) is 17.8. The molecule has 0 saturated heterocycles. The van der Waals surface area contributed by atoms with Gasteiger partial charge in [0.2, 0.25) is 11.8 Å². The van der Waals surface area contributed by atoms with Crippen LogP contribution < -0.4 is 5.32 Å². The fourth-order valence-corrected chi connectivity index (χ4v) is 3.27. The maximum atomic E-state index is 12.7. The van der Waals surface area contributed by atoms with Crippen molar-refractivity contribution in [3.63, 3.8) is 0 Å². The van der Waals surface area contributed by atoms with Gasteiger partial charge in [-0.15, -0.1) is 0 Å². The van der Waals surface area contributed by atoms with E-state index in [9.17, 15) is 9.59 Å². The van der Waals surface area contributed by atoms with Crippen LogP contribution in [0.4, 0.5) is 0 Å². The SMILES string of the molecule is CC(=O)N1Cc2ccccc2C[C@H]1C(=O)NC[C@H](C)Cn1cccn1. The number of aromatic nitrogens is 2. The summed E-state index contributed by atoms with van der Waals surface area (Å²) in [4.78, 5) is 26.4. The van der Waals surface area contributed by atoms with Gasteiger partial charge in [0.1, 0.15) is 6.04 Å². The molecule has 3 rings (SSSR count). The molecule has 1 aliphatic rings. The monoisotopic (exact) mass is 340 g/mol. The van der Waals surface area contributed by atoms with E-state index < -0.39 is 6.04 Å². The quantitative estimate of drug-likeness (QED) is 0.899. The molecule has 1 aliphatic heterocycles. The smallest absolute Gasteiger partial charge is 0.243 e. The van der Waals surface area contributed by atoms with Crippen LogP contribution in [0.1, 0.15) is 25.0 Å². The number of amides is 2. The predicted molar refractivity (Wildman–Crippen MR) is 94.6 cm³/mol. The van der Waals surface area contributed by atoms with E-state index in [-0.39, 0.29) is 17.7 Å². The van der Waals surface area contributed by atoms with Crippen LogP contribution in [0.5, 0.6) is 0 Å². The number of nitrogens with zero attached hydrogens (tertiary/aromatic N) is 3. The molecule has 0 radical (unpaired) electrons. The summed E-state index contributed by atoms with van der Waals surface area (Å²) in [6.07, 6.45) is 4.22. The van der Waals surface area contributed by atoms with Gasteiger partial charge in [-0.25, -0.2) is 0 Å². The van der Waals surface area contributed by atoms with Gasteiger partial charge in [0, 0.05) is 45.4 Å². The van der Waals surface area contributed by atoms with Crippen LogP contribution in [0, 0.1) is 5.92 Å². The Kier molecular flexibility index (Phi) is 5.16. The summed E-state index contributed by atoms with van der Waals surface area (Å²) in [7, 11) is 0. The molecule has 2 heterocycles. The molecule has 2 atom stereocenters. The largest absolute Gasteiger partial charge is 0.354 e. The highest BCUT2D eigenvalue weighted by atomic mass is 16.2. The third kappa shape index (κ3) is 4.07. The summed E-state index contributed by atoms with van der Waals surface area (Å²) >= 11 is 0. The van der Waals surface area contributed by atoms with E-state index in [0.717, 1.165) is 17.7 Å². The van der Waals surface area contributed by atoms with E-state index in [1.165, 1.54) is 6.92 Å². The number of carbonyl (C=O) groups is 2. The first-order chi connectivity index (χ1) is 12.0. The summed E-state index contributed by atoms with van der Waals surface area (Å²) in [6.45, 7) is 5.39. The maximum absolute atomic E-state index is 12.7. The summed E-state index contributed by atoms with van der Waals surface area (Å²) in [5, 5.41) is 7.19. The van der Waals surface area contributed by atoms with Crippen molar-refractivity contribution in [2.24, 2.45) is 5.92 Å². The Balaban J connectivity index is 1.62. The lowest BCUT2D eigenvalue weighted by atomic mass is 9.93. The molecule has 1 aromatic carbocycles. The normalized spacial score (nSPS) is 17.7. The molecule has 25 heavy (non-hydrogen) atoms. The van der Waals surface area contributed by atoms with Gasteiger partial charge < -0.3 is 10.2 Å². The average molecular weight is 340 g/mol. The molecule has 2 aromatic rings. The first-order valence-electron chi connectivity index (χ1n) is 8.63. The van der Waals surface area contributed by atoms with Gasteiger partial charge in [0.15, 0.2) is 0 Å². The Morgan fingerprint density at radius 3 is 2.72 bits per heavy atom. The minimum absolute atomic E-state index is 0.0701. The number of rotatable bonds is 5. The van der Waals surface area contributed by atoms with E-state index >= 15 is 0 Å². The van der Waals surface area contributed by atoms with Crippen LogP contribution in [-0.4, -0.2) is 39.1 Å². The van der Waals surface area contributed by atoms with Crippen LogP contribution in [0.2, 0.25) is 0 Å². The molecular formula is C19H24N4O2. The second kappa shape index (κ2) is 7.51. The van der Waals surface area contributed by atoms with Crippen molar-refractivity contribution in [3.8, 4) is 0 Å². The standard InChI is InChI=1S/C19H24N4O2/c1-14(12-22-9-5-8-21-22)11-20-19(25)18-10-16-6-3-4-7-17(16)13-23(18)15(2)24/h3-9,14,18H,10-13H2,1-2H3,(H,20,25)/t14-,18-/m0/s1. The molecule has 2 amide bonds. The van der Waals surface area contributed by atoms with E-state index in [2.05, 4.69) is 17.3 Å². The van der Waals surface area contributed by atoms with Crippen LogP contribution in [0.25, 0.3) is 0 Å². The molecule has 132 valence electrons. The van der Waals surface area contributed by atoms with Crippen molar-refractivity contribution >= 4 is 11.8 Å². The summed E-state index contributed by atoms with van der Waals surface area (Å²) in [5.41, 5.74) is 2.26. The first-order valence-corrected chi connectivity index (χ1v) is 8.63. The number of hydrogen-bond donors (Lipinski definition) is 1. The lowest BCUT2D eigenvalue weighted by Gasteiger charge is -2.35. The van der Waals surface area contributed by atoms with E-state index in [1.54, 1.807) is 11.1 Å². The third-order valence-corrected chi connectivity index (χ3v) is 4.64. The average Bonchev–Trinajstić information content (AvgIpc) is 3.11. The number of hydrogen-bond acceptors (Lipinski definition) is 3. The highest BCUT2D eigenvalue weighted by molar-refractivity contribution is 5.87. The number of carbonyl (C=O) groups excluding carboxylic acids is 2. The van der Waals surface area contributed by atoms with Gasteiger partial charge >= 0.3 is 0 Å². The summed E-state index contributed by atoms with van der Waals surface area (Å²) in [5.74, 6) is 0.0989. The number of fused-ring (bicyclic) bond motifs is 1. The molecule has 0 fully saturated rings. The Morgan fingerprint density at radius 2 is 2.04 bits per heavy atom. The van der Waals surface area contributed by atoms with Crippen LogP contribution in [0.15, 0.2) is 42.7 Å². The molecule has 0 aliphatic carbocycles. The molecule has 0 saturated carbocycles. The fourth-order valence-electron chi connectivity index (χ4n) is 3.27. The molecule has 6 heteroatoms. The van der Waals surface area contributed by atoms with Gasteiger partial charge in [-0.1, -0.05) is 31.2 Å². The lowest BCUT2D eigenvalue weighted by Crippen LogP contribution is -2.52. The van der Waals surface area contributed by atoms with Gasteiger partial charge in [-0.3, -0.25) is 14.3 Å². The van der Waals surface area contributed by atoms with Crippen LogP contribution >= 0.6 is 0 Å². The number of benzene rings is 1. The Labute approximate surface area is 147 Å². The van der Waals surface area contributed by atoms with Gasteiger partial charge in [0.25, 0.3) is 0 Å². The van der Waals surface area contributed by atoms with Gasteiger partial charge in [0.05, 0.1) is 0 Å². The second-order valence-corrected chi connectivity index (χ2v) is 6.71. The van der Waals surface area contributed by atoms with Crippen molar-refractivity contribution in [1.29, 1.82) is 0 Å². The molecule has 1 N–H and O–H groups in total. The Morgan fingerprint density at radius 1 is 1.28 bits per heavy atom. The minimum Gasteiger partial charge on any atom is -0.354 e. The summed E-state index contributed by atoms with van der Waals surface area (Å²) in [6, 6.07) is 9.44. The molecule has 0 spiro atoms. The highest BCUT2D eigenvalue weighted by Gasteiger charge is 2.32. The second-order valence-electron chi connectivity index (χ2n) is 6.71. The van der Waals surface area contributed by atoms with Gasteiger partial charge in [-0.05, 0) is 23.1 Å². The van der Waals surface area contributed by atoms with Gasteiger partial charge in [-0.2, -0.15) is 5.10 Å². The molecular weight excluding hydrogens is 316 g/mol. The van der Waals surface area contributed by atoms with Crippen molar-refractivity contribution < 1.29 is 9.59 Å². The molecule has 0 unspecified atom stereocenters.